The van der Waals surface area contributed by atoms with Crippen molar-refractivity contribution in [2.24, 2.45) is 5.14 Å². The molecule has 29 heavy (non-hydrogen) atoms. The molecule has 4 aromatic rings. The van der Waals surface area contributed by atoms with E-state index in [0.29, 0.717) is 16.8 Å². The van der Waals surface area contributed by atoms with Gasteiger partial charge in [-0.1, -0.05) is 30.3 Å². The van der Waals surface area contributed by atoms with Gasteiger partial charge in [0, 0.05) is 10.9 Å². The summed E-state index contributed by atoms with van der Waals surface area (Å²) in [5, 5.41) is 11.1. The molecule has 0 atom stereocenters. The van der Waals surface area contributed by atoms with Crippen molar-refractivity contribution in [2.45, 2.75) is 18.7 Å². The van der Waals surface area contributed by atoms with Crippen molar-refractivity contribution >= 4 is 20.8 Å². The van der Waals surface area contributed by atoms with Gasteiger partial charge in [0.2, 0.25) is 10.0 Å². The molecular formula is C22H19N3O3S. The van der Waals surface area contributed by atoms with Crippen LogP contribution in [-0.4, -0.2) is 18.2 Å². The van der Waals surface area contributed by atoms with Gasteiger partial charge in [-0.25, -0.2) is 13.6 Å². The monoisotopic (exact) mass is 405 g/mol. The van der Waals surface area contributed by atoms with Gasteiger partial charge in [0.05, 0.1) is 21.7 Å². The third-order valence-corrected chi connectivity index (χ3v) is 5.92. The molecule has 6 nitrogen and oxygen atoms in total. The topological polar surface area (TPSA) is 95.1 Å². The number of aromatic nitrogens is 2. The number of fused-ring (bicyclic) bond motifs is 1. The zero-order valence-electron chi connectivity index (χ0n) is 16.0. The summed E-state index contributed by atoms with van der Waals surface area (Å²) in [6.07, 6.45) is 0. The second-order valence-electron chi connectivity index (χ2n) is 6.95. The van der Waals surface area contributed by atoms with Crippen LogP contribution in [0.25, 0.3) is 27.7 Å². The average molecular weight is 405 g/mol. The van der Waals surface area contributed by atoms with E-state index in [-0.39, 0.29) is 10.5 Å². The van der Waals surface area contributed by atoms with E-state index in [4.69, 9.17) is 5.14 Å². The van der Waals surface area contributed by atoms with Crippen molar-refractivity contribution in [3.63, 3.8) is 0 Å². The highest BCUT2D eigenvalue weighted by Gasteiger charge is 2.15. The summed E-state index contributed by atoms with van der Waals surface area (Å²) in [6.45, 7) is 4.07. The molecule has 0 aliphatic rings. The summed E-state index contributed by atoms with van der Waals surface area (Å²) >= 11 is 0. The fraction of sp³-hybridized carbons (Fsp3) is 0.0909. The molecule has 0 saturated heterocycles. The number of benzene rings is 3. The molecule has 0 radical (unpaired) electrons. The number of nitrogens with zero attached hydrogens (tertiary/aromatic N) is 2. The Bertz CT molecular complexity index is 1410. The van der Waals surface area contributed by atoms with Crippen LogP contribution in [0.15, 0.2) is 76.4 Å². The van der Waals surface area contributed by atoms with E-state index in [1.54, 1.807) is 6.07 Å². The molecule has 0 unspecified atom stereocenters. The number of aryl methyl sites for hydroxylation is 2. The second kappa shape index (κ2) is 6.95. The number of rotatable bonds is 3. The summed E-state index contributed by atoms with van der Waals surface area (Å²) in [5.41, 5.74) is 4.06. The maximum absolute atomic E-state index is 13.1. The zero-order valence-corrected chi connectivity index (χ0v) is 16.8. The third kappa shape index (κ3) is 3.46. The van der Waals surface area contributed by atoms with Crippen LogP contribution in [0.2, 0.25) is 0 Å². The Hall–Kier alpha value is -3.29. The van der Waals surface area contributed by atoms with Crippen molar-refractivity contribution in [1.29, 1.82) is 0 Å². The quantitative estimate of drug-likeness (QED) is 0.566. The van der Waals surface area contributed by atoms with Crippen LogP contribution >= 0.6 is 0 Å². The molecule has 1 aromatic heterocycles. The fourth-order valence-electron chi connectivity index (χ4n) is 3.24. The van der Waals surface area contributed by atoms with Crippen molar-refractivity contribution in [3.05, 3.63) is 88.2 Å². The number of sulfonamides is 1. The van der Waals surface area contributed by atoms with Crippen LogP contribution in [0, 0.1) is 13.8 Å². The SMILES string of the molecule is Cc1ccc(-c2nn(-c3ccc(S(N)(=O)=O)cc3)c(=O)c3ccccc23)cc1C. The standard InChI is InChI=1S/C22H19N3O3S/c1-14-7-8-16(13-15(14)2)21-19-5-3-4-6-20(19)22(26)25(24-21)17-9-11-18(12-10-17)29(23,27)28/h3-13H,1-2H3,(H2,23,27,28). The van der Waals surface area contributed by atoms with E-state index < -0.39 is 10.0 Å². The molecule has 0 amide bonds. The molecule has 0 saturated carbocycles. The maximum atomic E-state index is 13.1. The summed E-state index contributed by atoms with van der Waals surface area (Å²) in [6, 6.07) is 19.1. The van der Waals surface area contributed by atoms with Crippen LogP contribution < -0.4 is 10.7 Å². The molecule has 2 N–H and O–H groups in total. The van der Waals surface area contributed by atoms with Gasteiger partial charge in [-0.2, -0.15) is 9.78 Å². The summed E-state index contributed by atoms with van der Waals surface area (Å²) in [5.74, 6) is 0. The van der Waals surface area contributed by atoms with Gasteiger partial charge < -0.3 is 0 Å². The van der Waals surface area contributed by atoms with Gasteiger partial charge in [0.15, 0.2) is 0 Å². The van der Waals surface area contributed by atoms with Gasteiger partial charge in [-0.05, 0) is 61.4 Å². The van der Waals surface area contributed by atoms with E-state index in [2.05, 4.69) is 5.10 Å². The molecular weight excluding hydrogens is 386 g/mol. The highest BCUT2D eigenvalue weighted by atomic mass is 32.2. The third-order valence-electron chi connectivity index (χ3n) is 5.00. The lowest BCUT2D eigenvalue weighted by Crippen LogP contribution is -2.22. The molecule has 146 valence electrons. The van der Waals surface area contributed by atoms with Gasteiger partial charge >= 0.3 is 0 Å². The van der Waals surface area contributed by atoms with Crippen molar-refractivity contribution in [1.82, 2.24) is 9.78 Å². The molecule has 0 fully saturated rings. The number of hydrogen-bond donors (Lipinski definition) is 1. The summed E-state index contributed by atoms with van der Waals surface area (Å²) in [7, 11) is -3.81. The minimum Gasteiger partial charge on any atom is -0.267 e. The molecule has 3 aromatic carbocycles. The number of nitrogens with two attached hydrogens (primary N) is 1. The highest BCUT2D eigenvalue weighted by molar-refractivity contribution is 7.89. The van der Waals surface area contributed by atoms with E-state index in [1.165, 1.54) is 34.5 Å². The Morgan fingerprint density at radius 2 is 1.52 bits per heavy atom. The van der Waals surface area contributed by atoms with Crippen LogP contribution in [-0.2, 0) is 10.0 Å². The van der Waals surface area contributed by atoms with E-state index >= 15 is 0 Å². The van der Waals surface area contributed by atoms with Gasteiger partial charge in [-0.15, -0.1) is 0 Å². The van der Waals surface area contributed by atoms with Crippen LogP contribution in [0.3, 0.4) is 0 Å². The average Bonchev–Trinajstić information content (AvgIpc) is 2.70. The first kappa shape index (κ1) is 19.0. The van der Waals surface area contributed by atoms with Crippen LogP contribution in [0.1, 0.15) is 11.1 Å². The van der Waals surface area contributed by atoms with E-state index in [1.807, 2.05) is 50.2 Å². The molecule has 4 rings (SSSR count). The summed E-state index contributed by atoms with van der Waals surface area (Å²) < 4.78 is 24.3. The molecule has 0 bridgehead atoms. The van der Waals surface area contributed by atoms with E-state index in [0.717, 1.165) is 16.5 Å². The Labute approximate surface area is 168 Å². The Kier molecular flexibility index (Phi) is 4.56. The smallest absolute Gasteiger partial charge is 0.267 e. The number of primary sulfonamides is 1. The molecule has 0 spiro atoms. The fourth-order valence-corrected chi connectivity index (χ4v) is 3.76. The lowest BCUT2D eigenvalue weighted by atomic mass is 10.0. The number of hydrogen-bond acceptors (Lipinski definition) is 4. The first-order valence-electron chi connectivity index (χ1n) is 8.98. The first-order chi connectivity index (χ1) is 13.8. The predicted octanol–water partition coefficient (Wildman–Crippen LogP) is 3.32. The van der Waals surface area contributed by atoms with Gasteiger partial charge in [-0.3, -0.25) is 4.79 Å². The first-order valence-corrected chi connectivity index (χ1v) is 10.5. The zero-order chi connectivity index (χ0) is 20.8. The van der Waals surface area contributed by atoms with Crippen molar-refractivity contribution in [2.75, 3.05) is 0 Å². The lowest BCUT2D eigenvalue weighted by molar-refractivity contribution is 0.598. The Balaban J connectivity index is 2.00. The Morgan fingerprint density at radius 3 is 2.14 bits per heavy atom. The largest absolute Gasteiger partial charge is 0.279 e. The normalized spacial score (nSPS) is 11.7. The predicted molar refractivity (Wildman–Crippen MR) is 114 cm³/mol. The molecule has 1 heterocycles. The lowest BCUT2D eigenvalue weighted by Gasteiger charge is -2.12. The second-order valence-corrected chi connectivity index (χ2v) is 8.51. The van der Waals surface area contributed by atoms with Crippen molar-refractivity contribution in [3.8, 4) is 16.9 Å². The minimum absolute atomic E-state index is 0.0236. The highest BCUT2D eigenvalue weighted by Crippen LogP contribution is 2.27. The molecule has 7 heteroatoms. The molecule has 0 aliphatic carbocycles. The Morgan fingerprint density at radius 1 is 0.862 bits per heavy atom. The minimum atomic E-state index is -3.81. The van der Waals surface area contributed by atoms with Gasteiger partial charge in [0.25, 0.3) is 5.56 Å². The van der Waals surface area contributed by atoms with Gasteiger partial charge in [0.1, 0.15) is 0 Å². The summed E-state index contributed by atoms with van der Waals surface area (Å²) in [4.78, 5) is 13.0. The van der Waals surface area contributed by atoms with E-state index in [9.17, 15) is 13.2 Å². The maximum Gasteiger partial charge on any atom is 0.279 e. The van der Waals surface area contributed by atoms with Crippen LogP contribution in [0.5, 0.6) is 0 Å². The van der Waals surface area contributed by atoms with Crippen LogP contribution in [0.4, 0.5) is 0 Å². The van der Waals surface area contributed by atoms with Crippen molar-refractivity contribution < 1.29 is 8.42 Å². The molecule has 0 aliphatic heterocycles.